The molecule has 7 nitrogen and oxygen atoms in total. The van der Waals surface area contributed by atoms with Gasteiger partial charge in [0.15, 0.2) is 0 Å². The molecule has 7 heteroatoms. The zero-order chi connectivity index (χ0) is 12.6. The van der Waals surface area contributed by atoms with E-state index in [9.17, 15) is 19.5 Å². The fourth-order valence-corrected chi connectivity index (χ4v) is 2.29. The summed E-state index contributed by atoms with van der Waals surface area (Å²) in [6, 6.07) is -1.63. The predicted octanol–water partition coefficient (Wildman–Crippen LogP) is -1.69. The van der Waals surface area contributed by atoms with Crippen LogP contribution in [0.2, 0.25) is 0 Å². The smallest absolute Gasteiger partial charge is 0.326 e. The first-order valence-electron chi connectivity index (χ1n) is 5.49. The number of carbonyl (C=O) groups is 3. The van der Waals surface area contributed by atoms with Crippen molar-refractivity contribution in [1.82, 2.24) is 10.2 Å². The van der Waals surface area contributed by atoms with Gasteiger partial charge >= 0.3 is 5.97 Å². The van der Waals surface area contributed by atoms with Crippen LogP contribution < -0.4 is 5.32 Å². The number of amides is 2. The molecule has 17 heavy (non-hydrogen) atoms. The molecule has 0 aromatic heterocycles. The van der Waals surface area contributed by atoms with Gasteiger partial charge in [0.05, 0.1) is 6.10 Å². The summed E-state index contributed by atoms with van der Waals surface area (Å²) in [7, 11) is 0. The average molecular weight is 242 g/mol. The van der Waals surface area contributed by atoms with E-state index in [1.807, 2.05) is 0 Å². The Kier molecular flexibility index (Phi) is 3.01. The Balaban J connectivity index is 2.07. The highest BCUT2D eigenvalue weighted by Crippen LogP contribution is 2.21. The van der Waals surface area contributed by atoms with Crippen LogP contribution in [0.5, 0.6) is 0 Å². The number of hydrogen-bond acceptors (Lipinski definition) is 4. The van der Waals surface area contributed by atoms with Gasteiger partial charge in [-0.2, -0.15) is 0 Å². The Bertz CT molecular complexity index is 370. The lowest BCUT2D eigenvalue weighted by Crippen LogP contribution is -2.49. The number of β-amino-alcohol motifs (C(OH)–C–C–N with tert-alkyl or cyclic N) is 1. The topological polar surface area (TPSA) is 107 Å². The molecule has 0 saturated carbocycles. The second-order valence-electron chi connectivity index (χ2n) is 4.39. The van der Waals surface area contributed by atoms with E-state index in [0.717, 1.165) is 4.90 Å². The molecular weight excluding hydrogens is 228 g/mol. The summed E-state index contributed by atoms with van der Waals surface area (Å²) >= 11 is 0. The van der Waals surface area contributed by atoms with Crippen molar-refractivity contribution < 1.29 is 24.6 Å². The molecule has 2 amide bonds. The van der Waals surface area contributed by atoms with E-state index in [1.165, 1.54) is 0 Å². The second-order valence-corrected chi connectivity index (χ2v) is 4.39. The molecule has 2 saturated heterocycles. The van der Waals surface area contributed by atoms with E-state index in [0.29, 0.717) is 6.42 Å². The number of nitrogens with one attached hydrogen (secondary N) is 1. The van der Waals surface area contributed by atoms with Gasteiger partial charge < -0.3 is 20.4 Å². The lowest BCUT2D eigenvalue weighted by Gasteiger charge is -2.24. The first-order valence-corrected chi connectivity index (χ1v) is 5.49. The molecule has 0 aromatic rings. The van der Waals surface area contributed by atoms with Gasteiger partial charge in [-0.15, -0.1) is 0 Å². The predicted molar refractivity (Wildman–Crippen MR) is 54.9 cm³/mol. The number of hydrogen-bond donors (Lipinski definition) is 3. The van der Waals surface area contributed by atoms with E-state index >= 15 is 0 Å². The summed E-state index contributed by atoms with van der Waals surface area (Å²) in [6.07, 6.45) is -0.0970. The summed E-state index contributed by atoms with van der Waals surface area (Å²) in [5, 5.41) is 20.9. The SMILES string of the molecule is O=C1CC[C@@H](C(=O)N2C[C@H](O)C[C@H]2C(=O)O)N1. The largest absolute Gasteiger partial charge is 0.480 e. The number of aliphatic carboxylic acids is 1. The van der Waals surface area contributed by atoms with E-state index in [4.69, 9.17) is 5.11 Å². The van der Waals surface area contributed by atoms with Gasteiger partial charge in [-0.3, -0.25) is 9.59 Å². The Hall–Kier alpha value is -1.63. The summed E-state index contributed by atoms with van der Waals surface area (Å²) in [6.45, 7) is 0.0160. The van der Waals surface area contributed by atoms with E-state index in [-0.39, 0.29) is 25.3 Å². The molecule has 2 fully saturated rings. The van der Waals surface area contributed by atoms with Crippen LogP contribution >= 0.6 is 0 Å². The van der Waals surface area contributed by atoms with Crippen molar-refractivity contribution in [3.8, 4) is 0 Å². The molecule has 3 N–H and O–H groups in total. The van der Waals surface area contributed by atoms with Crippen LogP contribution in [0, 0.1) is 0 Å². The second kappa shape index (κ2) is 4.33. The maximum atomic E-state index is 12.0. The zero-order valence-corrected chi connectivity index (χ0v) is 9.13. The standard InChI is InChI=1S/C10H14N2O5/c13-5-3-7(10(16)17)12(4-5)9(15)6-1-2-8(14)11-6/h5-7,13H,1-4H2,(H,11,14)(H,16,17)/t5-,6+,7+/m1/s1. The Morgan fingerprint density at radius 2 is 2.12 bits per heavy atom. The van der Waals surface area contributed by atoms with Gasteiger partial charge in [0.1, 0.15) is 12.1 Å². The van der Waals surface area contributed by atoms with Gasteiger partial charge in [0.2, 0.25) is 11.8 Å². The molecule has 0 spiro atoms. The van der Waals surface area contributed by atoms with Crippen LogP contribution in [0.15, 0.2) is 0 Å². The molecule has 2 aliphatic heterocycles. The van der Waals surface area contributed by atoms with Crippen LogP contribution in [0.25, 0.3) is 0 Å². The van der Waals surface area contributed by atoms with Crippen molar-refractivity contribution >= 4 is 17.8 Å². The summed E-state index contributed by atoms with van der Waals surface area (Å²) in [5.74, 6) is -1.74. The highest BCUT2D eigenvalue weighted by molar-refractivity contribution is 5.93. The van der Waals surface area contributed by atoms with Crippen LogP contribution in [0.4, 0.5) is 0 Å². The summed E-state index contributed by atoms with van der Waals surface area (Å²) < 4.78 is 0. The van der Waals surface area contributed by atoms with Gasteiger partial charge in [0, 0.05) is 19.4 Å². The van der Waals surface area contributed by atoms with E-state index in [2.05, 4.69) is 5.32 Å². The molecule has 0 bridgehead atoms. The molecular formula is C10H14N2O5. The van der Waals surface area contributed by atoms with Crippen molar-refractivity contribution in [2.24, 2.45) is 0 Å². The number of rotatable bonds is 2. The maximum Gasteiger partial charge on any atom is 0.326 e. The molecule has 2 aliphatic rings. The van der Waals surface area contributed by atoms with Crippen LogP contribution in [-0.2, 0) is 14.4 Å². The molecule has 0 radical (unpaired) electrons. The lowest BCUT2D eigenvalue weighted by atomic mass is 10.1. The molecule has 0 aromatic carbocycles. The third-order valence-corrected chi connectivity index (χ3v) is 3.14. The van der Waals surface area contributed by atoms with Crippen molar-refractivity contribution in [3.05, 3.63) is 0 Å². The van der Waals surface area contributed by atoms with Gasteiger partial charge in [-0.05, 0) is 6.42 Å². The molecule has 94 valence electrons. The lowest BCUT2D eigenvalue weighted by molar-refractivity contribution is -0.149. The van der Waals surface area contributed by atoms with E-state index < -0.39 is 30.1 Å². The quantitative estimate of drug-likeness (QED) is 0.535. The number of aliphatic hydroxyl groups excluding tert-OH is 1. The van der Waals surface area contributed by atoms with E-state index in [1.54, 1.807) is 0 Å². The maximum absolute atomic E-state index is 12.0. The number of likely N-dealkylation sites (tertiary alicyclic amines) is 1. The minimum atomic E-state index is -1.13. The monoisotopic (exact) mass is 242 g/mol. The van der Waals surface area contributed by atoms with Gasteiger partial charge in [-0.25, -0.2) is 4.79 Å². The minimum Gasteiger partial charge on any atom is -0.480 e. The number of carboxylic acid groups (broad SMARTS) is 1. The molecule has 0 aliphatic carbocycles. The first kappa shape index (κ1) is 11.8. The normalized spacial score (nSPS) is 32.6. The minimum absolute atomic E-state index is 0.0160. The third-order valence-electron chi connectivity index (χ3n) is 3.14. The average Bonchev–Trinajstić information content (AvgIpc) is 2.83. The van der Waals surface area contributed by atoms with Gasteiger partial charge in [-0.1, -0.05) is 0 Å². The highest BCUT2D eigenvalue weighted by Gasteiger charge is 2.42. The summed E-state index contributed by atoms with van der Waals surface area (Å²) in [5.41, 5.74) is 0. The van der Waals surface area contributed by atoms with Crippen LogP contribution in [-0.4, -0.2) is 57.6 Å². The Labute approximate surface area is 97.4 Å². The number of nitrogens with zero attached hydrogens (tertiary/aromatic N) is 1. The Morgan fingerprint density at radius 1 is 1.41 bits per heavy atom. The van der Waals surface area contributed by atoms with Crippen molar-refractivity contribution in [1.29, 1.82) is 0 Å². The van der Waals surface area contributed by atoms with Crippen LogP contribution in [0.1, 0.15) is 19.3 Å². The first-order chi connectivity index (χ1) is 7.99. The molecule has 2 rings (SSSR count). The van der Waals surface area contributed by atoms with Crippen molar-refractivity contribution in [2.75, 3.05) is 6.54 Å². The number of aliphatic hydroxyl groups is 1. The number of carboxylic acids is 1. The molecule has 0 unspecified atom stereocenters. The zero-order valence-electron chi connectivity index (χ0n) is 9.13. The summed E-state index contributed by atoms with van der Waals surface area (Å²) in [4.78, 5) is 35.1. The van der Waals surface area contributed by atoms with Crippen molar-refractivity contribution in [3.63, 3.8) is 0 Å². The fourth-order valence-electron chi connectivity index (χ4n) is 2.29. The molecule has 2 heterocycles. The fraction of sp³-hybridized carbons (Fsp3) is 0.700. The third kappa shape index (κ3) is 2.23. The van der Waals surface area contributed by atoms with Crippen LogP contribution in [0.3, 0.4) is 0 Å². The van der Waals surface area contributed by atoms with Crippen molar-refractivity contribution in [2.45, 2.75) is 37.5 Å². The molecule has 3 atom stereocenters. The highest BCUT2D eigenvalue weighted by atomic mass is 16.4. The number of carbonyl (C=O) groups excluding carboxylic acids is 2. The van der Waals surface area contributed by atoms with Gasteiger partial charge in [0.25, 0.3) is 0 Å². The Morgan fingerprint density at radius 3 is 2.65 bits per heavy atom.